The van der Waals surface area contributed by atoms with Crippen molar-refractivity contribution in [2.24, 2.45) is 0 Å². The summed E-state index contributed by atoms with van der Waals surface area (Å²) in [5.74, 6) is 0. The summed E-state index contributed by atoms with van der Waals surface area (Å²) < 4.78 is 0. The van der Waals surface area contributed by atoms with E-state index in [1.807, 2.05) is 48.5 Å². The molecule has 6 N–H and O–H groups in total. The monoisotopic (exact) mass is 510 g/mol. The van der Waals surface area contributed by atoms with Crippen LogP contribution in [0.2, 0.25) is 0 Å². The van der Waals surface area contributed by atoms with Crippen LogP contribution in [0, 0.1) is 18.3 Å². The Kier molecular flexibility index (Phi) is 7.48. The molecule has 1 aliphatic heterocycles. The predicted molar refractivity (Wildman–Crippen MR) is 156 cm³/mol. The molecule has 2 heterocycles. The van der Waals surface area contributed by atoms with Crippen LogP contribution in [0.4, 0.5) is 38.4 Å². The first-order chi connectivity index (χ1) is 18.2. The molecular formula is C28H30N8S. The van der Waals surface area contributed by atoms with Gasteiger partial charge in [0.15, 0.2) is 0 Å². The fourth-order valence-electron chi connectivity index (χ4n) is 4.07. The van der Waals surface area contributed by atoms with E-state index in [2.05, 4.69) is 68.6 Å². The van der Waals surface area contributed by atoms with Gasteiger partial charge in [-0.2, -0.15) is 5.26 Å². The third-order valence-corrected chi connectivity index (χ3v) is 7.22. The molecule has 0 bridgehead atoms. The van der Waals surface area contributed by atoms with Gasteiger partial charge >= 0.3 is 0 Å². The lowest BCUT2D eigenvalue weighted by atomic mass is 10.2. The number of nitriles is 1. The Morgan fingerprint density at radius 2 is 1.24 bits per heavy atom. The molecule has 188 valence electrons. The summed E-state index contributed by atoms with van der Waals surface area (Å²) in [4.78, 5) is 2.45. The van der Waals surface area contributed by atoms with Gasteiger partial charge in [0, 0.05) is 13.1 Å². The van der Waals surface area contributed by atoms with Crippen molar-refractivity contribution in [2.75, 3.05) is 50.5 Å². The maximum Gasteiger partial charge on any atom is 0.109 e. The van der Waals surface area contributed by atoms with E-state index in [0.29, 0.717) is 5.56 Å². The van der Waals surface area contributed by atoms with Crippen LogP contribution in [0.5, 0.6) is 0 Å². The zero-order valence-electron chi connectivity index (χ0n) is 20.6. The van der Waals surface area contributed by atoms with E-state index in [4.69, 9.17) is 5.26 Å². The van der Waals surface area contributed by atoms with Crippen LogP contribution in [0.3, 0.4) is 0 Å². The SMILES string of the molecule is Cc1cc(NNc2ccc(N3CCCC3)s2)ccc1NNc1ccc(NNc2ccc(C#N)cc2)cc1. The molecule has 1 aliphatic rings. The Morgan fingerprint density at radius 3 is 1.86 bits per heavy atom. The molecule has 37 heavy (non-hydrogen) atoms. The van der Waals surface area contributed by atoms with E-state index >= 15 is 0 Å². The number of hydrogen-bond donors (Lipinski definition) is 6. The number of nitrogens with zero attached hydrogens (tertiary/aromatic N) is 2. The highest BCUT2D eigenvalue weighted by Gasteiger charge is 2.14. The third-order valence-electron chi connectivity index (χ3n) is 6.16. The van der Waals surface area contributed by atoms with E-state index in [1.54, 1.807) is 23.5 Å². The van der Waals surface area contributed by atoms with Gasteiger partial charge in [0.05, 0.1) is 45.1 Å². The van der Waals surface area contributed by atoms with E-state index in [0.717, 1.165) is 52.1 Å². The van der Waals surface area contributed by atoms with Gasteiger partial charge in [-0.15, -0.1) is 0 Å². The molecule has 1 aromatic heterocycles. The van der Waals surface area contributed by atoms with Gasteiger partial charge in [-0.25, -0.2) is 0 Å². The van der Waals surface area contributed by atoms with Crippen LogP contribution in [0.1, 0.15) is 24.0 Å². The molecule has 0 saturated carbocycles. The highest BCUT2D eigenvalue weighted by Crippen LogP contribution is 2.32. The lowest BCUT2D eigenvalue weighted by Crippen LogP contribution is -2.15. The van der Waals surface area contributed by atoms with Crippen molar-refractivity contribution >= 4 is 49.8 Å². The molecule has 8 nitrogen and oxygen atoms in total. The number of aryl methyl sites for hydroxylation is 1. The van der Waals surface area contributed by atoms with Gasteiger partial charge in [0.1, 0.15) is 5.00 Å². The molecule has 0 atom stereocenters. The molecule has 0 amide bonds. The van der Waals surface area contributed by atoms with Crippen LogP contribution >= 0.6 is 11.3 Å². The average Bonchev–Trinajstić information content (AvgIpc) is 3.64. The number of hydrazine groups is 3. The molecule has 9 heteroatoms. The smallest absolute Gasteiger partial charge is 0.109 e. The summed E-state index contributed by atoms with van der Waals surface area (Å²) >= 11 is 1.78. The summed E-state index contributed by atoms with van der Waals surface area (Å²) in [6, 6.07) is 27.8. The van der Waals surface area contributed by atoms with Gasteiger partial charge in [0.2, 0.25) is 0 Å². The molecule has 0 aliphatic carbocycles. The van der Waals surface area contributed by atoms with E-state index in [-0.39, 0.29) is 0 Å². The summed E-state index contributed by atoms with van der Waals surface area (Å²) in [5.41, 5.74) is 26.0. The maximum absolute atomic E-state index is 8.89. The number of hydrogen-bond acceptors (Lipinski definition) is 9. The number of nitrogens with one attached hydrogen (secondary N) is 6. The summed E-state index contributed by atoms with van der Waals surface area (Å²) in [7, 11) is 0. The Bertz CT molecular complexity index is 1350. The summed E-state index contributed by atoms with van der Waals surface area (Å²) in [6.07, 6.45) is 2.57. The number of thiophene rings is 1. The fraction of sp³-hybridized carbons (Fsp3) is 0.179. The number of anilines is 7. The minimum Gasteiger partial charge on any atom is -0.363 e. The van der Waals surface area contributed by atoms with Gasteiger partial charge in [-0.3, -0.25) is 5.43 Å². The second kappa shape index (κ2) is 11.5. The molecule has 0 radical (unpaired) electrons. The molecule has 5 rings (SSSR count). The number of benzene rings is 3. The van der Waals surface area contributed by atoms with Crippen molar-refractivity contribution in [3.63, 3.8) is 0 Å². The Morgan fingerprint density at radius 1 is 0.676 bits per heavy atom. The predicted octanol–water partition coefficient (Wildman–Crippen LogP) is 6.85. The average molecular weight is 511 g/mol. The second-order valence-electron chi connectivity index (χ2n) is 8.88. The van der Waals surface area contributed by atoms with Gasteiger partial charge in [-0.05, 0) is 104 Å². The van der Waals surface area contributed by atoms with Crippen LogP contribution in [-0.4, -0.2) is 13.1 Å². The van der Waals surface area contributed by atoms with Gasteiger partial charge in [0.25, 0.3) is 0 Å². The Labute approximate surface area is 221 Å². The van der Waals surface area contributed by atoms with E-state index < -0.39 is 0 Å². The molecule has 3 aromatic carbocycles. The van der Waals surface area contributed by atoms with Crippen molar-refractivity contribution in [1.29, 1.82) is 5.26 Å². The highest BCUT2D eigenvalue weighted by molar-refractivity contribution is 7.20. The standard InChI is InChI=1S/C28H30N8S/c1-20-18-25(33-35-27-14-15-28(37-27)36-16-2-3-17-36)12-13-26(20)34-32-24-10-8-23(9-11-24)31-30-22-6-4-21(19-29)5-7-22/h4-15,18,30-35H,2-3,16-17H2,1H3. The van der Waals surface area contributed by atoms with Crippen molar-refractivity contribution in [3.05, 3.63) is 90.0 Å². The van der Waals surface area contributed by atoms with Crippen molar-refractivity contribution in [1.82, 2.24) is 0 Å². The largest absolute Gasteiger partial charge is 0.363 e. The van der Waals surface area contributed by atoms with Gasteiger partial charge in [-0.1, -0.05) is 11.3 Å². The lowest BCUT2D eigenvalue weighted by Gasteiger charge is -2.15. The summed E-state index contributed by atoms with van der Waals surface area (Å²) in [5, 5.41) is 11.3. The van der Waals surface area contributed by atoms with Crippen molar-refractivity contribution in [2.45, 2.75) is 19.8 Å². The van der Waals surface area contributed by atoms with Gasteiger partial charge < -0.3 is 32.0 Å². The lowest BCUT2D eigenvalue weighted by molar-refractivity contribution is 0.949. The minimum atomic E-state index is 0.635. The maximum atomic E-state index is 8.89. The first-order valence-electron chi connectivity index (χ1n) is 12.3. The van der Waals surface area contributed by atoms with Crippen LogP contribution < -0.4 is 37.5 Å². The molecule has 0 spiro atoms. The Balaban J connectivity index is 1.08. The topological polar surface area (TPSA) is 99.2 Å². The molecule has 1 saturated heterocycles. The van der Waals surface area contributed by atoms with Crippen LogP contribution in [0.15, 0.2) is 78.9 Å². The molecule has 4 aromatic rings. The molecular weight excluding hydrogens is 480 g/mol. The van der Waals surface area contributed by atoms with Crippen LogP contribution in [0.25, 0.3) is 0 Å². The second-order valence-corrected chi connectivity index (χ2v) is 9.94. The Hall–Kier alpha value is -4.55. The number of rotatable bonds is 10. The van der Waals surface area contributed by atoms with Crippen molar-refractivity contribution < 1.29 is 0 Å². The molecule has 1 fully saturated rings. The first kappa shape index (κ1) is 24.2. The molecule has 0 unspecified atom stereocenters. The van der Waals surface area contributed by atoms with Crippen LogP contribution in [-0.2, 0) is 0 Å². The third kappa shape index (κ3) is 6.37. The highest BCUT2D eigenvalue weighted by atomic mass is 32.1. The quantitative estimate of drug-likeness (QED) is 0.129. The fourth-order valence-corrected chi connectivity index (χ4v) is 4.98. The van der Waals surface area contributed by atoms with E-state index in [9.17, 15) is 0 Å². The normalized spacial score (nSPS) is 12.5. The first-order valence-corrected chi connectivity index (χ1v) is 13.1. The minimum absolute atomic E-state index is 0.635. The summed E-state index contributed by atoms with van der Waals surface area (Å²) in [6.45, 7) is 4.40. The van der Waals surface area contributed by atoms with Crippen molar-refractivity contribution in [3.8, 4) is 6.07 Å². The zero-order chi connectivity index (χ0) is 25.5. The van der Waals surface area contributed by atoms with E-state index in [1.165, 1.54) is 17.8 Å². The zero-order valence-corrected chi connectivity index (χ0v) is 21.5.